The second kappa shape index (κ2) is 3.90. The van der Waals surface area contributed by atoms with E-state index in [-0.39, 0.29) is 24.2 Å². The van der Waals surface area contributed by atoms with Crippen LogP contribution >= 0.6 is 15.9 Å². The summed E-state index contributed by atoms with van der Waals surface area (Å²) in [6.07, 6.45) is 0.273. The Labute approximate surface area is 102 Å². The molecule has 1 unspecified atom stereocenters. The van der Waals surface area contributed by atoms with Gasteiger partial charge in [-0.25, -0.2) is 0 Å². The number of anilines is 2. The molecule has 2 rings (SSSR count). The summed E-state index contributed by atoms with van der Waals surface area (Å²) in [6, 6.07) is 5.06. The summed E-state index contributed by atoms with van der Waals surface area (Å²) in [4.78, 5) is 24.6. The van der Waals surface area contributed by atoms with Gasteiger partial charge in [0.05, 0.1) is 5.69 Å². The van der Waals surface area contributed by atoms with Gasteiger partial charge in [0.25, 0.3) is 0 Å². The van der Waals surface area contributed by atoms with Crippen LogP contribution in [0.25, 0.3) is 0 Å². The molecule has 1 aliphatic rings. The van der Waals surface area contributed by atoms with Gasteiger partial charge in [-0.3, -0.25) is 14.5 Å². The Morgan fingerprint density at radius 1 is 1.44 bits per heavy atom. The van der Waals surface area contributed by atoms with Crippen LogP contribution in [0.5, 0.6) is 0 Å². The molecule has 0 bridgehead atoms. The molecule has 0 radical (unpaired) electrons. The lowest BCUT2D eigenvalue weighted by atomic mass is 10.1. The van der Waals surface area contributed by atoms with Crippen LogP contribution in [-0.4, -0.2) is 11.8 Å². The summed E-state index contributed by atoms with van der Waals surface area (Å²) in [5, 5.41) is 0. The van der Waals surface area contributed by atoms with E-state index in [2.05, 4.69) is 15.9 Å². The zero-order valence-corrected chi connectivity index (χ0v) is 10.3. The van der Waals surface area contributed by atoms with Gasteiger partial charge in [-0.15, -0.1) is 0 Å². The molecule has 1 heterocycles. The highest BCUT2D eigenvalue weighted by molar-refractivity contribution is 9.10. The van der Waals surface area contributed by atoms with Crippen LogP contribution in [0.2, 0.25) is 0 Å². The molecule has 16 heavy (non-hydrogen) atoms. The highest BCUT2D eigenvalue weighted by Gasteiger charge is 2.36. The van der Waals surface area contributed by atoms with Gasteiger partial charge in [0.1, 0.15) is 0 Å². The fourth-order valence-corrected chi connectivity index (χ4v) is 1.97. The van der Waals surface area contributed by atoms with Crippen molar-refractivity contribution in [2.45, 2.75) is 13.3 Å². The zero-order valence-electron chi connectivity index (χ0n) is 8.74. The third-order valence-electron chi connectivity index (χ3n) is 2.61. The van der Waals surface area contributed by atoms with Crippen molar-refractivity contribution in [1.82, 2.24) is 0 Å². The van der Waals surface area contributed by atoms with Gasteiger partial charge in [-0.05, 0) is 34.1 Å². The van der Waals surface area contributed by atoms with Crippen LogP contribution < -0.4 is 10.6 Å². The fourth-order valence-electron chi connectivity index (χ4n) is 1.73. The monoisotopic (exact) mass is 282 g/mol. The van der Waals surface area contributed by atoms with Crippen molar-refractivity contribution in [1.29, 1.82) is 0 Å². The number of hydrogen-bond donors (Lipinski definition) is 1. The molecule has 0 spiro atoms. The lowest BCUT2D eigenvalue weighted by molar-refractivity contribution is -0.122. The summed E-state index contributed by atoms with van der Waals surface area (Å²) in [5.41, 5.74) is 6.77. The number of imide groups is 1. The highest BCUT2D eigenvalue weighted by Crippen LogP contribution is 2.30. The van der Waals surface area contributed by atoms with Crippen molar-refractivity contribution >= 4 is 39.1 Å². The zero-order chi connectivity index (χ0) is 11.9. The summed E-state index contributed by atoms with van der Waals surface area (Å²) in [7, 11) is 0. The smallest absolute Gasteiger partial charge is 0.237 e. The van der Waals surface area contributed by atoms with Crippen LogP contribution in [0, 0.1) is 5.92 Å². The van der Waals surface area contributed by atoms with Crippen LogP contribution in [0.4, 0.5) is 11.4 Å². The first kappa shape index (κ1) is 11.1. The van der Waals surface area contributed by atoms with Crippen molar-refractivity contribution in [3.05, 3.63) is 22.7 Å². The van der Waals surface area contributed by atoms with E-state index in [4.69, 9.17) is 5.73 Å². The Bertz CT molecular complexity index is 473. The maximum atomic E-state index is 11.8. The Morgan fingerprint density at radius 3 is 2.62 bits per heavy atom. The van der Waals surface area contributed by atoms with Crippen LogP contribution in [0.15, 0.2) is 22.7 Å². The van der Waals surface area contributed by atoms with E-state index in [1.54, 1.807) is 25.1 Å². The van der Waals surface area contributed by atoms with Gasteiger partial charge < -0.3 is 5.73 Å². The maximum absolute atomic E-state index is 11.8. The second-order valence-corrected chi connectivity index (χ2v) is 4.73. The van der Waals surface area contributed by atoms with Gasteiger partial charge in [-0.1, -0.05) is 6.92 Å². The minimum atomic E-state index is -0.239. The Hall–Kier alpha value is -1.36. The molecule has 84 valence electrons. The number of nitrogens with two attached hydrogens (primary N) is 1. The van der Waals surface area contributed by atoms with E-state index in [0.717, 1.165) is 4.47 Å². The summed E-state index contributed by atoms with van der Waals surface area (Å²) >= 11 is 3.27. The number of benzene rings is 1. The minimum absolute atomic E-state index is 0.160. The fraction of sp³-hybridized carbons (Fsp3) is 0.273. The quantitative estimate of drug-likeness (QED) is 0.632. The number of amides is 2. The topological polar surface area (TPSA) is 63.4 Å². The van der Waals surface area contributed by atoms with Crippen LogP contribution in [0.3, 0.4) is 0 Å². The maximum Gasteiger partial charge on any atom is 0.237 e. The lowest BCUT2D eigenvalue weighted by Crippen LogP contribution is -2.29. The molecule has 1 aliphatic heterocycles. The highest BCUT2D eigenvalue weighted by atomic mass is 79.9. The molecule has 0 aromatic heterocycles. The van der Waals surface area contributed by atoms with E-state index in [1.807, 2.05) is 0 Å². The lowest BCUT2D eigenvalue weighted by Gasteiger charge is -2.15. The Balaban J connectivity index is 2.41. The van der Waals surface area contributed by atoms with E-state index in [1.165, 1.54) is 4.90 Å². The van der Waals surface area contributed by atoms with Crippen molar-refractivity contribution in [3.8, 4) is 0 Å². The molecule has 0 aliphatic carbocycles. The molecule has 1 fully saturated rings. The van der Waals surface area contributed by atoms with Gasteiger partial charge in [0.2, 0.25) is 11.8 Å². The van der Waals surface area contributed by atoms with Crippen molar-refractivity contribution in [3.63, 3.8) is 0 Å². The molecule has 4 nitrogen and oxygen atoms in total. The number of rotatable bonds is 1. The molecule has 1 saturated heterocycles. The number of nitrogen functional groups attached to an aromatic ring is 1. The number of nitrogens with zero attached hydrogens (tertiary/aromatic N) is 1. The van der Waals surface area contributed by atoms with Gasteiger partial charge >= 0.3 is 0 Å². The van der Waals surface area contributed by atoms with Crippen molar-refractivity contribution < 1.29 is 9.59 Å². The molecule has 2 amide bonds. The van der Waals surface area contributed by atoms with Crippen LogP contribution in [-0.2, 0) is 9.59 Å². The first-order valence-electron chi connectivity index (χ1n) is 4.92. The molecule has 1 aromatic rings. The predicted octanol–water partition coefficient (Wildman–Crippen LogP) is 1.93. The van der Waals surface area contributed by atoms with Gasteiger partial charge in [0, 0.05) is 22.5 Å². The third kappa shape index (κ3) is 1.71. The van der Waals surface area contributed by atoms with Gasteiger partial charge in [-0.2, -0.15) is 0 Å². The Morgan fingerprint density at radius 2 is 2.12 bits per heavy atom. The SMILES string of the molecule is CC1CC(=O)N(c2ccc(Br)c(N)c2)C1=O. The summed E-state index contributed by atoms with van der Waals surface area (Å²) < 4.78 is 0.753. The standard InChI is InChI=1S/C11H11BrN2O2/c1-6-4-10(15)14(11(6)16)7-2-3-8(12)9(13)5-7/h2-3,5-6H,4,13H2,1H3. The van der Waals surface area contributed by atoms with E-state index in [0.29, 0.717) is 11.4 Å². The molecular weight excluding hydrogens is 272 g/mol. The molecular formula is C11H11BrN2O2. The largest absolute Gasteiger partial charge is 0.398 e. The molecule has 1 atom stereocenters. The van der Waals surface area contributed by atoms with Gasteiger partial charge in [0.15, 0.2) is 0 Å². The normalized spacial score (nSPS) is 20.6. The minimum Gasteiger partial charge on any atom is -0.398 e. The molecule has 0 saturated carbocycles. The number of carbonyl (C=O) groups is 2. The third-order valence-corrected chi connectivity index (χ3v) is 3.33. The van der Waals surface area contributed by atoms with E-state index < -0.39 is 0 Å². The first-order valence-corrected chi connectivity index (χ1v) is 5.72. The van der Waals surface area contributed by atoms with Crippen molar-refractivity contribution in [2.24, 2.45) is 5.92 Å². The second-order valence-electron chi connectivity index (χ2n) is 3.88. The summed E-state index contributed by atoms with van der Waals surface area (Å²) in [5.74, 6) is -0.566. The van der Waals surface area contributed by atoms with Crippen LogP contribution in [0.1, 0.15) is 13.3 Å². The molecule has 2 N–H and O–H groups in total. The molecule has 1 aromatic carbocycles. The van der Waals surface area contributed by atoms with E-state index >= 15 is 0 Å². The number of hydrogen-bond acceptors (Lipinski definition) is 3. The molecule has 5 heteroatoms. The van der Waals surface area contributed by atoms with Crippen molar-refractivity contribution in [2.75, 3.05) is 10.6 Å². The number of halogens is 1. The Kier molecular flexibility index (Phi) is 2.71. The first-order chi connectivity index (χ1) is 7.50. The summed E-state index contributed by atoms with van der Waals surface area (Å²) in [6.45, 7) is 1.75. The average Bonchev–Trinajstić information content (AvgIpc) is 2.47. The van der Waals surface area contributed by atoms with E-state index in [9.17, 15) is 9.59 Å². The average molecular weight is 283 g/mol. The predicted molar refractivity (Wildman–Crippen MR) is 64.8 cm³/mol. The number of carbonyl (C=O) groups excluding carboxylic acids is 2.